The van der Waals surface area contributed by atoms with Crippen molar-refractivity contribution < 1.29 is 14.3 Å². The summed E-state index contributed by atoms with van der Waals surface area (Å²) in [4.78, 5) is 14.9. The molecular weight excluding hydrogens is 242 g/mol. The molecule has 102 valence electrons. The van der Waals surface area contributed by atoms with Gasteiger partial charge in [0.25, 0.3) is 0 Å². The van der Waals surface area contributed by atoms with Gasteiger partial charge in [-0.1, -0.05) is 13.3 Å². The van der Waals surface area contributed by atoms with Crippen molar-refractivity contribution >= 4 is 16.9 Å². The molecule has 0 aliphatic rings. The van der Waals surface area contributed by atoms with Gasteiger partial charge in [0, 0.05) is 17.1 Å². The Kier molecular flexibility index (Phi) is 4.44. The van der Waals surface area contributed by atoms with Crippen LogP contribution in [0.3, 0.4) is 0 Å². The van der Waals surface area contributed by atoms with Gasteiger partial charge in [0.15, 0.2) is 0 Å². The van der Waals surface area contributed by atoms with E-state index in [0.29, 0.717) is 6.61 Å². The van der Waals surface area contributed by atoms with Gasteiger partial charge in [-0.15, -0.1) is 0 Å². The number of hydrogen-bond acceptors (Lipinski definition) is 3. The molecule has 0 atom stereocenters. The molecule has 4 nitrogen and oxygen atoms in total. The second-order valence-electron chi connectivity index (χ2n) is 4.48. The highest BCUT2D eigenvalue weighted by molar-refractivity contribution is 5.88. The number of carbonyl (C=O) groups is 1. The van der Waals surface area contributed by atoms with E-state index in [2.05, 4.69) is 11.9 Å². The summed E-state index contributed by atoms with van der Waals surface area (Å²) < 4.78 is 10.4. The minimum atomic E-state index is -0.183. The predicted octanol–water partition coefficient (Wildman–Crippen LogP) is 3.06. The molecule has 0 bridgehead atoms. The van der Waals surface area contributed by atoms with Crippen LogP contribution in [0, 0.1) is 0 Å². The maximum Gasteiger partial charge on any atom is 0.310 e. The number of benzene rings is 1. The van der Waals surface area contributed by atoms with Crippen molar-refractivity contribution in [2.24, 2.45) is 0 Å². The Hall–Kier alpha value is -1.97. The van der Waals surface area contributed by atoms with Gasteiger partial charge < -0.3 is 14.5 Å². The predicted molar refractivity (Wildman–Crippen MR) is 74.4 cm³/mol. The van der Waals surface area contributed by atoms with Crippen molar-refractivity contribution in [3.8, 4) is 5.75 Å². The van der Waals surface area contributed by atoms with E-state index in [1.807, 2.05) is 24.4 Å². The molecule has 4 heteroatoms. The number of ether oxygens (including phenoxy) is 2. The second-order valence-corrected chi connectivity index (χ2v) is 4.48. The molecule has 1 N–H and O–H groups in total. The molecule has 19 heavy (non-hydrogen) atoms. The fourth-order valence-corrected chi connectivity index (χ4v) is 1.97. The summed E-state index contributed by atoms with van der Waals surface area (Å²) in [6.07, 6.45) is 4.08. The smallest absolute Gasteiger partial charge is 0.310 e. The summed E-state index contributed by atoms with van der Waals surface area (Å²) in [5.74, 6) is 0.602. The molecule has 1 aromatic heterocycles. The number of aromatic nitrogens is 1. The van der Waals surface area contributed by atoms with Crippen molar-refractivity contribution in [2.45, 2.75) is 26.2 Å². The molecule has 0 saturated carbocycles. The molecule has 0 radical (unpaired) electrons. The van der Waals surface area contributed by atoms with E-state index in [1.54, 1.807) is 7.11 Å². The molecule has 0 saturated heterocycles. The van der Waals surface area contributed by atoms with Gasteiger partial charge in [-0.2, -0.15) is 0 Å². The number of aromatic amines is 1. The quantitative estimate of drug-likeness (QED) is 0.642. The van der Waals surface area contributed by atoms with E-state index in [4.69, 9.17) is 9.47 Å². The highest BCUT2D eigenvalue weighted by Gasteiger charge is 2.10. The van der Waals surface area contributed by atoms with E-state index in [1.165, 1.54) is 0 Å². The van der Waals surface area contributed by atoms with Gasteiger partial charge in [0.05, 0.1) is 20.1 Å². The zero-order valence-electron chi connectivity index (χ0n) is 11.4. The number of fused-ring (bicyclic) bond motifs is 1. The zero-order chi connectivity index (χ0) is 13.7. The van der Waals surface area contributed by atoms with Crippen LogP contribution in [0.1, 0.15) is 25.3 Å². The molecule has 0 fully saturated rings. The average Bonchev–Trinajstić information content (AvgIpc) is 2.81. The second kappa shape index (κ2) is 6.27. The molecule has 2 aromatic rings. The van der Waals surface area contributed by atoms with Gasteiger partial charge in [0.2, 0.25) is 0 Å². The average molecular weight is 261 g/mol. The molecule has 0 amide bonds. The molecule has 0 spiro atoms. The lowest BCUT2D eigenvalue weighted by atomic mass is 10.1. The number of nitrogens with one attached hydrogen (secondary N) is 1. The topological polar surface area (TPSA) is 51.3 Å². The van der Waals surface area contributed by atoms with Crippen LogP contribution in [-0.2, 0) is 16.0 Å². The summed E-state index contributed by atoms with van der Waals surface area (Å²) in [5.41, 5.74) is 1.94. The Morgan fingerprint density at radius 1 is 1.37 bits per heavy atom. The highest BCUT2D eigenvalue weighted by Crippen LogP contribution is 2.24. The minimum Gasteiger partial charge on any atom is -0.497 e. The SMILES string of the molecule is CCCCOC(=O)Cc1c[nH]c2ccc(OC)cc12. The monoisotopic (exact) mass is 261 g/mol. The van der Waals surface area contributed by atoms with Crippen LogP contribution in [0.5, 0.6) is 5.75 Å². The normalized spacial score (nSPS) is 10.6. The van der Waals surface area contributed by atoms with Gasteiger partial charge in [-0.25, -0.2) is 0 Å². The number of methoxy groups -OCH3 is 1. The Morgan fingerprint density at radius 2 is 2.21 bits per heavy atom. The van der Waals surface area contributed by atoms with Crippen LogP contribution in [0.25, 0.3) is 10.9 Å². The molecule has 1 heterocycles. The molecule has 0 unspecified atom stereocenters. The van der Waals surface area contributed by atoms with Gasteiger partial charge in [-0.05, 0) is 30.2 Å². The lowest BCUT2D eigenvalue weighted by molar-refractivity contribution is -0.142. The molecular formula is C15H19NO3. The fraction of sp³-hybridized carbons (Fsp3) is 0.400. The van der Waals surface area contributed by atoms with Gasteiger partial charge in [0.1, 0.15) is 5.75 Å². The first-order chi connectivity index (χ1) is 9.24. The number of unbranched alkanes of at least 4 members (excludes halogenated alkanes) is 1. The number of hydrogen-bond donors (Lipinski definition) is 1. The number of H-pyrrole nitrogens is 1. The van der Waals surface area contributed by atoms with Crippen LogP contribution in [-0.4, -0.2) is 24.7 Å². The summed E-state index contributed by atoms with van der Waals surface area (Å²) in [7, 11) is 1.63. The zero-order valence-corrected chi connectivity index (χ0v) is 11.4. The third-order valence-corrected chi connectivity index (χ3v) is 3.07. The van der Waals surface area contributed by atoms with E-state index in [0.717, 1.165) is 35.1 Å². The lowest BCUT2D eigenvalue weighted by Gasteiger charge is -2.04. The molecule has 1 aromatic carbocycles. The first kappa shape index (κ1) is 13.5. The van der Waals surface area contributed by atoms with E-state index >= 15 is 0 Å². The van der Waals surface area contributed by atoms with E-state index in [-0.39, 0.29) is 12.4 Å². The van der Waals surface area contributed by atoms with Crippen molar-refractivity contribution in [1.82, 2.24) is 4.98 Å². The number of esters is 1. The number of rotatable bonds is 6. The molecule has 0 aliphatic carbocycles. The first-order valence-corrected chi connectivity index (χ1v) is 6.54. The number of carbonyl (C=O) groups excluding carboxylic acids is 1. The Morgan fingerprint density at radius 3 is 2.95 bits per heavy atom. The van der Waals surface area contributed by atoms with Crippen molar-refractivity contribution in [3.63, 3.8) is 0 Å². The van der Waals surface area contributed by atoms with Gasteiger partial charge in [-0.3, -0.25) is 4.79 Å². The maximum atomic E-state index is 11.7. The van der Waals surface area contributed by atoms with Crippen LogP contribution in [0.2, 0.25) is 0 Å². The largest absolute Gasteiger partial charge is 0.497 e. The Bertz CT molecular complexity index is 560. The summed E-state index contributed by atoms with van der Waals surface area (Å²) >= 11 is 0. The van der Waals surface area contributed by atoms with E-state index < -0.39 is 0 Å². The summed E-state index contributed by atoms with van der Waals surface area (Å²) in [6, 6.07) is 5.77. The highest BCUT2D eigenvalue weighted by atomic mass is 16.5. The lowest BCUT2D eigenvalue weighted by Crippen LogP contribution is -2.08. The fourth-order valence-electron chi connectivity index (χ4n) is 1.97. The first-order valence-electron chi connectivity index (χ1n) is 6.54. The van der Waals surface area contributed by atoms with Crippen LogP contribution in [0.15, 0.2) is 24.4 Å². The maximum absolute atomic E-state index is 11.7. The van der Waals surface area contributed by atoms with Crippen molar-refractivity contribution in [3.05, 3.63) is 30.0 Å². The van der Waals surface area contributed by atoms with Crippen LogP contribution in [0.4, 0.5) is 0 Å². The van der Waals surface area contributed by atoms with Crippen LogP contribution >= 0.6 is 0 Å². The minimum absolute atomic E-state index is 0.183. The van der Waals surface area contributed by atoms with Crippen LogP contribution < -0.4 is 4.74 Å². The Labute approximate surface area is 112 Å². The van der Waals surface area contributed by atoms with Gasteiger partial charge >= 0.3 is 5.97 Å². The summed E-state index contributed by atoms with van der Waals surface area (Å²) in [6.45, 7) is 2.57. The third-order valence-electron chi connectivity index (χ3n) is 3.07. The third kappa shape index (κ3) is 3.28. The standard InChI is InChI=1S/C15H19NO3/c1-3-4-7-19-15(17)8-11-10-16-14-6-5-12(18-2)9-13(11)14/h5-6,9-10,16H,3-4,7-8H2,1-2H3. The molecule has 2 rings (SSSR count). The Balaban J connectivity index is 2.09. The molecule has 0 aliphatic heterocycles. The van der Waals surface area contributed by atoms with Crippen molar-refractivity contribution in [2.75, 3.05) is 13.7 Å². The van der Waals surface area contributed by atoms with E-state index in [9.17, 15) is 4.79 Å². The summed E-state index contributed by atoms with van der Waals surface area (Å²) in [5, 5.41) is 1.01. The van der Waals surface area contributed by atoms with Crippen molar-refractivity contribution in [1.29, 1.82) is 0 Å².